The molecular formula is C18H19ClN4O2. The molecule has 0 aliphatic carbocycles. The average molecular weight is 359 g/mol. The fourth-order valence-electron chi connectivity index (χ4n) is 2.78. The van der Waals surface area contributed by atoms with Crippen molar-refractivity contribution in [2.75, 3.05) is 6.54 Å². The van der Waals surface area contributed by atoms with Gasteiger partial charge in [0.05, 0.1) is 23.1 Å². The van der Waals surface area contributed by atoms with E-state index >= 15 is 0 Å². The summed E-state index contributed by atoms with van der Waals surface area (Å²) in [5, 5.41) is 18.7. The van der Waals surface area contributed by atoms with Crippen LogP contribution in [0.15, 0.2) is 30.3 Å². The minimum Gasteiger partial charge on any atom is -0.387 e. The number of aliphatic hydroxyl groups excluding tert-OH is 1. The Bertz CT molecular complexity index is 952. The molecule has 3 aromatic rings. The number of pyridine rings is 1. The number of carbonyl (C=O) groups excluding carboxylic acids is 1. The van der Waals surface area contributed by atoms with E-state index in [1.165, 1.54) is 0 Å². The summed E-state index contributed by atoms with van der Waals surface area (Å²) in [4.78, 5) is 17.0. The van der Waals surface area contributed by atoms with Crippen LogP contribution >= 0.6 is 11.6 Å². The summed E-state index contributed by atoms with van der Waals surface area (Å²) in [7, 11) is 1.82. The Morgan fingerprint density at radius 3 is 2.80 bits per heavy atom. The first-order valence-electron chi connectivity index (χ1n) is 7.89. The molecule has 6 nitrogen and oxygen atoms in total. The van der Waals surface area contributed by atoms with E-state index in [9.17, 15) is 9.90 Å². The van der Waals surface area contributed by atoms with Crippen LogP contribution in [-0.4, -0.2) is 32.3 Å². The summed E-state index contributed by atoms with van der Waals surface area (Å²) >= 11 is 5.93. The van der Waals surface area contributed by atoms with Crippen molar-refractivity contribution in [1.82, 2.24) is 20.1 Å². The molecule has 0 bridgehead atoms. The van der Waals surface area contributed by atoms with E-state index in [-0.39, 0.29) is 12.5 Å². The van der Waals surface area contributed by atoms with Crippen LogP contribution in [0.2, 0.25) is 5.02 Å². The summed E-state index contributed by atoms with van der Waals surface area (Å²) in [6.45, 7) is 3.75. The number of benzene rings is 1. The van der Waals surface area contributed by atoms with E-state index in [4.69, 9.17) is 11.6 Å². The Morgan fingerprint density at radius 1 is 1.32 bits per heavy atom. The van der Waals surface area contributed by atoms with Gasteiger partial charge in [0.15, 0.2) is 5.65 Å². The van der Waals surface area contributed by atoms with Gasteiger partial charge >= 0.3 is 0 Å². The van der Waals surface area contributed by atoms with Gasteiger partial charge in [0.25, 0.3) is 5.91 Å². The number of amides is 1. The second-order valence-corrected chi connectivity index (χ2v) is 6.42. The van der Waals surface area contributed by atoms with Gasteiger partial charge in [-0.05, 0) is 37.6 Å². The molecule has 3 rings (SSSR count). The molecule has 1 atom stereocenters. The van der Waals surface area contributed by atoms with E-state index < -0.39 is 6.10 Å². The van der Waals surface area contributed by atoms with Crippen molar-refractivity contribution in [3.8, 4) is 0 Å². The van der Waals surface area contributed by atoms with Crippen molar-refractivity contribution in [3.05, 3.63) is 57.9 Å². The van der Waals surface area contributed by atoms with Crippen LogP contribution in [0.1, 0.15) is 33.4 Å². The zero-order valence-electron chi connectivity index (χ0n) is 14.2. The average Bonchev–Trinajstić information content (AvgIpc) is 2.85. The maximum Gasteiger partial charge on any atom is 0.253 e. The van der Waals surface area contributed by atoms with Crippen molar-refractivity contribution >= 4 is 28.5 Å². The number of hydrogen-bond donors (Lipinski definition) is 2. The highest BCUT2D eigenvalue weighted by molar-refractivity contribution is 6.30. The first-order chi connectivity index (χ1) is 11.9. The maximum atomic E-state index is 12.5. The van der Waals surface area contributed by atoms with E-state index in [0.717, 1.165) is 16.7 Å². The third kappa shape index (κ3) is 3.50. The second kappa shape index (κ2) is 6.82. The van der Waals surface area contributed by atoms with Gasteiger partial charge in [-0.15, -0.1) is 0 Å². The smallest absolute Gasteiger partial charge is 0.253 e. The van der Waals surface area contributed by atoms with E-state index in [1.54, 1.807) is 41.9 Å². The first-order valence-corrected chi connectivity index (χ1v) is 8.27. The summed E-state index contributed by atoms with van der Waals surface area (Å²) in [5.74, 6) is -0.281. The first kappa shape index (κ1) is 17.4. The molecule has 1 amide bonds. The molecule has 130 valence electrons. The Morgan fingerprint density at radius 2 is 2.08 bits per heavy atom. The van der Waals surface area contributed by atoms with Crippen molar-refractivity contribution in [2.24, 2.45) is 7.05 Å². The van der Waals surface area contributed by atoms with Crippen LogP contribution in [0.5, 0.6) is 0 Å². The number of rotatable bonds is 4. The van der Waals surface area contributed by atoms with Crippen LogP contribution < -0.4 is 5.32 Å². The van der Waals surface area contributed by atoms with Crippen LogP contribution in [0.25, 0.3) is 11.0 Å². The zero-order chi connectivity index (χ0) is 18.1. The number of halogens is 1. The van der Waals surface area contributed by atoms with Crippen LogP contribution in [0.3, 0.4) is 0 Å². The second-order valence-electron chi connectivity index (χ2n) is 5.98. The van der Waals surface area contributed by atoms with Crippen molar-refractivity contribution in [3.63, 3.8) is 0 Å². The van der Waals surface area contributed by atoms with Gasteiger partial charge in [-0.25, -0.2) is 4.98 Å². The predicted molar refractivity (Wildman–Crippen MR) is 96.7 cm³/mol. The lowest BCUT2D eigenvalue weighted by Gasteiger charge is -2.13. The van der Waals surface area contributed by atoms with Crippen molar-refractivity contribution in [1.29, 1.82) is 0 Å². The Hall–Kier alpha value is -2.44. The SMILES string of the molecule is Cc1nc2c(cc1C(=O)NC[C@@H](O)c1cccc(Cl)c1)c(C)nn2C. The largest absolute Gasteiger partial charge is 0.387 e. The predicted octanol–water partition coefficient (Wildman–Crippen LogP) is 2.70. The minimum absolute atomic E-state index is 0.0860. The number of aliphatic hydroxyl groups is 1. The lowest BCUT2D eigenvalue weighted by atomic mass is 10.1. The summed E-state index contributed by atoms with van der Waals surface area (Å²) in [5.41, 5.74) is 3.30. The molecule has 25 heavy (non-hydrogen) atoms. The molecule has 0 radical (unpaired) electrons. The number of carbonyl (C=O) groups is 1. The minimum atomic E-state index is -0.834. The molecule has 0 aliphatic rings. The topological polar surface area (TPSA) is 80.0 Å². The van der Waals surface area contributed by atoms with Crippen molar-refractivity contribution < 1.29 is 9.90 Å². The summed E-state index contributed by atoms with van der Waals surface area (Å²) < 4.78 is 1.70. The number of aryl methyl sites for hydroxylation is 3. The standard InChI is InChI=1S/C18H19ClN4O2/c1-10-15(8-14-11(2)22-23(3)17(14)21-10)18(25)20-9-16(24)12-5-4-6-13(19)7-12/h4-8,16,24H,9H2,1-3H3,(H,20,25)/t16-/m1/s1. The fraction of sp³-hybridized carbons (Fsp3) is 0.278. The number of fused-ring (bicyclic) bond motifs is 1. The lowest BCUT2D eigenvalue weighted by Crippen LogP contribution is -2.29. The molecule has 1 aromatic carbocycles. The molecule has 0 unspecified atom stereocenters. The molecule has 0 fully saturated rings. The van der Waals surface area contributed by atoms with Gasteiger partial charge in [0.2, 0.25) is 0 Å². The molecular weight excluding hydrogens is 340 g/mol. The third-order valence-corrected chi connectivity index (χ3v) is 4.36. The Labute approximate surface area is 150 Å². The van der Waals surface area contributed by atoms with Gasteiger partial charge in [-0.2, -0.15) is 5.10 Å². The molecule has 0 saturated carbocycles. The van der Waals surface area contributed by atoms with E-state index in [2.05, 4.69) is 15.4 Å². The number of aromatic nitrogens is 3. The zero-order valence-corrected chi connectivity index (χ0v) is 15.0. The molecule has 0 saturated heterocycles. The Kier molecular flexibility index (Phi) is 4.74. The van der Waals surface area contributed by atoms with Crippen LogP contribution in [0.4, 0.5) is 0 Å². The lowest BCUT2D eigenvalue weighted by molar-refractivity contribution is 0.0915. The fourth-order valence-corrected chi connectivity index (χ4v) is 2.98. The molecule has 2 aromatic heterocycles. The van der Waals surface area contributed by atoms with Gasteiger partial charge in [0.1, 0.15) is 0 Å². The van der Waals surface area contributed by atoms with Gasteiger partial charge in [-0.3, -0.25) is 9.48 Å². The monoisotopic (exact) mass is 358 g/mol. The van der Waals surface area contributed by atoms with Gasteiger partial charge in [-0.1, -0.05) is 23.7 Å². The molecule has 0 spiro atoms. The number of nitrogens with zero attached hydrogens (tertiary/aromatic N) is 3. The summed E-state index contributed by atoms with van der Waals surface area (Å²) in [6, 6.07) is 8.73. The number of hydrogen-bond acceptors (Lipinski definition) is 4. The quantitative estimate of drug-likeness (QED) is 0.751. The van der Waals surface area contributed by atoms with Crippen LogP contribution in [-0.2, 0) is 7.05 Å². The third-order valence-electron chi connectivity index (χ3n) is 4.12. The Balaban J connectivity index is 1.78. The highest BCUT2D eigenvalue weighted by Gasteiger charge is 2.17. The van der Waals surface area contributed by atoms with Crippen molar-refractivity contribution in [2.45, 2.75) is 20.0 Å². The highest BCUT2D eigenvalue weighted by atomic mass is 35.5. The maximum absolute atomic E-state index is 12.5. The molecule has 2 heterocycles. The van der Waals surface area contributed by atoms with E-state index in [0.29, 0.717) is 21.8 Å². The normalized spacial score (nSPS) is 12.4. The van der Waals surface area contributed by atoms with Gasteiger partial charge in [0, 0.05) is 24.0 Å². The summed E-state index contributed by atoms with van der Waals surface area (Å²) in [6.07, 6.45) is -0.834. The van der Waals surface area contributed by atoms with Gasteiger partial charge < -0.3 is 10.4 Å². The molecule has 0 aliphatic heterocycles. The van der Waals surface area contributed by atoms with Crippen LogP contribution in [0, 0.1) is 13.8 Å². The molecule has 7 heteroatoms. The number of nitrogens with one attached hydrogen (secondary N) is 1. The molecule has 2 N–H and O–H groups in total. The highest BCUT2D eigenvalue weighted by Crippen LogP contribution is 2.20. The van der Waals surface area contributed by atoms with E-state index in [1.807, 2.05) is 14.0 Å².